The molecule has 0 spiro atoms. The lowest BCUT2D eigenvalue weighted by Crippen LogP contribution is -2.50. The third-order valence-corrected chi connectivity index (χ3v) is 8.15. The van der Waals surface area contributed by atoms with Crippen molar-refractivity contribution in [2.45, 2.75) is 16.3 Å². The van der Waals surface area contributed by atoms with E-state index >= 15 is 0 Å². The highest BCUT2D eigenvalue weighted by Gasteiger charge is 2.32. The number of hydrogen-bond acceptors (Lipinski definition) is 7. The van der Waals surface area contributed by atoms with E-state index in [9.17, 15) is 13.2 Å². The van der Waals surface area contributed by atoms with Gasteiger partial charge in [0.05, 0.1) is 11.2 Å². The molecule has 2 aromatic heterocycles. The second-order valence-corrected chi connectivity index (χ2v) is 10.2. The van der Waals surface area contributed by atoms with Gasteiger partial charge < -0.3 is 4.90 Å². The SMILES string of the molecule is CSc1ncc(Cl)c(C(=O)N2CCN(S(=O)(=O)c3ccc(C)s3)CC2)n1. The van der Waals surface area contributed by atoms with E-state index in [1.807, 2.05) is 13.2 Å². The van der Waals surface area contributed by atoms with Crippen LogP contribution in [0.25, 0.3) is 0 Å². The zero-order chi connectivity index (χ0) is 18.9. The van der Waals surface area contributed by atoms with Crippen molar-refractivity contribution in [1.82, 2.24) is 19.2 Å². The van der Waals surface area contributed by atoms with Gasteiger partial charge in [-0.25, -0.2) is 18.4 Å². The lowest BCUT2D eigenvalue weighted by atomic mass is 10.3. The fraction of sp³-hybridized carbons (Fsp3) is 0.400. The molecular weight excluding hydrogens is 416 g/mol. The minimum atomic E-state index is -3.51. The van der Waals surface area contributed by atoms with Crippen molar-refractivity contribution in [2.75, 3.05) is 32.4 Å². The Balaban J connectivity index is 1.71. The first-order valence-electron chi connectivity index (χ1n) is 7.75. The van der Waals surface area contributed by atoms with Gasteiger partial charge in [0.1, 0.15) is 4.21 Å². The van der Waals surface area contributed by atoms with Crippen molar-refractivity contribution >= 4 is 50.6 Å². The molecule has 0 saturated carbocycles. The summed E-state index contributed by atoms with van der Waals surface area (Å²) in [6, 6.07) is 3.41. The Bertz CT molecular complexity index is 924. The molecule has 0 aromatic carbocycles. The van der Waals surface area contributed by atoms with Gasteiger partial charge in [0, 0.05) is 31.1 Å². The van der Waals surface area contributed by atoms with E-state index in [1.165, 1.54) is 33.6 Å². The average molecular weight is 433 g/mol. The van der Waals surface area contributed by atoms with Crippen LogP contribution in [0.2, 0.25) is 5.02 Å². The van der Waals surface area contributed by atoms with Crippen LogP contribution in [-0.4, -0.2) is 65.9 Å². The van der Waals surface area contributed by atoms with Gasteiger partial charge in [-0.2, -0.15) is 4.31 Å². The van der Waals surface area contributed by atoms with E-state index in [2.05, 4.69) is 9.97 Å². The lowest BCUT2D eigenvalue weighted by Gasteiger charge is -2.33. The average Bonchev–Trinajstić information content (AvgIpc) is 3.09. The number of amides is 1. The first-order valence-corrected chi connectivity index (χ1v) is 11.6. The minimum Gasteiger partial charge on any atom is -0.335 e. The second-order valence-electron chi connectivity index (χ2n) is 5.61. The number of hydrogen-bond donors (Lipinski definition) is 0. The van der Waals surface area contributed by atoms with Gasteiger partial charge in [-0.05, 0) is 25.3 Å². The summed E-state index contributed by atoms with van der Waals surface area (Å²) < 4.78 is 27.1. The van der Waals surface area contributed by atoms with Crippen LogP contribution in [0.15, 0.2) is 27.7 Å². The van der Waals surface area contributed by atoms with Gasteiger partial charge in [-0.3, -0.25) is 4.79 Å². The predicted molar refractivity (Wildman–Crippen MR) is 103 cm³/mol. The van der Waals surface area contributed by atoms with Gasteiger partial charge in [0.15, 0.2) is 10.9 Å². The van der Waals surface area contributed by atoms with Crippen molar-refractivity contribution < 1.29 is 13.2 Å². The summed E-state index contributed by atoms with van der Waals surface area (Å²) in [5.41, 5.74) is 0.149. The summed E-state index contributed by atoms with van der Waals surface area (Å²) in [6.07, 6.45) is 3.22. The quantitative estimate of drug-likeness (QED) is 0.544. The third kappa shape index (κ3) is 3.89. The first kappa shape index (κ1) is 19.6. The molecule has 1 aliphatic heterocycles. The number of sulfonamides is 1. The number of carbonyl (C=O) groups excluding carboxylic acids is 1. The van der Waals surface area contributed by atoms with Crippen molar-refractivity contribution in [1.29, 1.82) is 0 Å². The molecule has 1 aliphatic rings. The van der Waals surface area contributed by atoms with Crippen LogP contribution in [0.4, 0.5) is 0 Å². The number of piperazine rings is 1. The van der Waals surface area contributed by atoms with Gasteiger partial charge in [-0.15, -0.1) is 11.3 Å². The molecule has 0 bridgehead atoms. The highest BCUT2D eigenvalue weighted by Crippen LogP contribution is 2.26. The number of thioether (sulfide) groups is 1. The summed E-state index contributed by atoms with van der Waals surface area (Å²) >= 11 is 8.64. The third-order valence-electron chi connectivity index (χ3n) is 3.94. The maximum Gasteiger partial charge on any atom is 0.274 e. The van der Waals surface area contributed by atoms with Crippen LogP contribution >= 0.6 is 34.7 Å². The lowest BCUT2D eigenvalue weighted by molar-refractivity contribution is 0.0691. The summed E-state index contributed by atoms with van der Waals surface area (Å²) in [6.45, 7) is 2.93. The molecule has 0 radical (unpaired) electrons. The van der Waals surface area contributed by atoms with E-state index in [4.69, 9.17) is 11.6 Å². The van der Waals surface area contributed by atoms with Crippen LogP contribution in [0.3, 0.4) is 0 Å². The topological polar surface area (TPSA) is 83.5 Å². The van der Waals surface area contributed by atoms with Crippen LogP contribution in [0, 0.1) is 6.92 Å². The summed E-state index contributed by atoms with van der Waals surface area (Å²) in [7, 11) is -3.51. The zero-order valence-corrected chi connectivity index (χ0v) is 17.4. The van der Waals surface area contributed by atoms with E-state index in [1.54, 1.807) is 17.0 Å². The highest BCUT2D eigenvalue weighted by molar-refractivity contribution is 7.98. The summed E-state index contributed by atoms with van der Waals surface area (Å²) in [5, 5.41) is 0.656. The van der Waals surface area contributed by atoms with Crippen LogP contribution in [0.1, 0.15) is 15.4 Å². The number of rotatable bonds is 4. The van der Waals surface area contributed by atoms with Crippen molar-refractivity contribution in [3.63, 3.8) is 0 Å². The molecule has 1 amide bonds. The minimum absolute atomic E-state index is 0.149. The fourth-order valence-electron chi connectivity index (χ4n) is 2.56. The molecule has 7 nitrogen and oxygen atoms in total. The van der Waals surface area contributed by atoms with Crippen molar-refractivity contribution in [3.05, 3.63) is 33.9 Å². The number of nitrogens with zero attached hydrogens (tertiary/aromatic N) is 4. The number of aryl methyl sites for hydroxylation is 1. The standard InChI is InChI=1S/C15H17ClN4O3S3/c1-10-3-4-12(25-10)26(22,23)20-7-5-19(6-8-20)14(21)13-11(16)9-17-15(18-13)24-2/h3-4,9H,5-8H2,1-2H3. The maximum absolute atomic E-state index is 12.7. The molecule has 0 unspecified atom stereocenters. The summed E-state index contributed by atoms with van der Waals surface area (Å²) in [4.78, 5) is 23.4. The van der Waals surface area contributed by atoms with Gasteiger partial charge >= 0.3 is 0 Å². The zero-order valence-electron chi connectivity index (χ0n) is 14.2. The Hall–Kier alpha value is -1.20. The molecule has 2 aromatic rings. The van der Waals surface area contributed by atoms with E-state index in [0.717, 1.165) is 4.88 Å². The highest BCUT2D eigenvalue weighted by atomic mass is 35.5. The van der Waals surface area contributed by atoms with Gasteiger partial charge in [0.2, 0.25) is 0 Å². The molecule has 0 atom stereocenters. The number of halogens is 1. The Morgan fingerprint density at radius 3 is 2.54 bits per heavy atom. The first-order chi connectivity index (χ1) is 12.3. The van der Waals surface area contributed by atoms with E-state index in [-0.39, 0.29) is 42.8 Å². The Morgan fingerprint density at radius 2 is 1.96 bits per heavy atom. The van der Waals surface area contributed by atoms with E-state index in [0.29, 0.717) is 9.37 Å². The molecule has 1 saturated heterocycles. The second kappa shape index (κ2) is 7.81. The van der Waals surface area contributed by atoms with Crippen molar-refractivity contribution in [2.24, 2.45) is 0 Å². The Kier molecular flexibility index (Phi) is 5.88. The smallest absolute Gasteiger partial charge is 0.274 e. The number of thiophene rings is 1. The maximum atomic E-state index is 12.7. The van der Waals surface area contributed by atoms with Crippen LogP contribution in [-0.2, 0) is 10.0 Å². The predicted octanol–water partition coefficient (Wildman–Crippen LogP) is 2.37. The molecule has 3 rings (SSSR count). The number of carbonyl (C=O) groups is 1. The van der Waals surface area contributed by atoms with Gasteiger partial charge in [-0.1, -0.05) is 23.4 Å². The molecular formula is C15H17ClN4O3S3. The van der Waals surface area contributed by atoms with Crippen molar-refractivity contribution in [3.8, 4) is 0 Å². The van der Waals surface area contributed by atoms with Gasteiger partial charge in [0.25, 0.3) is 15.9 Å². The molecule has 0 aliphatic carbocycles. The molecule has 3 heterocycles. The Labute approximate surface area is 165 Å². The monoisotopic (exact) mass is 432 g/mol. The molecule has 0 N–H and O–H groups in total. The molecule has 140 valence electrons. The molecule has 1 fully saturated rings. The Morgan fingerprint density at radius 1 is 1.27 bits per heavy atom. The summed E-state index contributed by atoms with van der Waals surface area (Å²) in [5.74, 6) is -0.309. The normalized spacial score (nSPS) is 16.0. The van der Waals surface area contributed by atoms with Crippen LogP contribution < -0.4 is 0 Å². The largest absolute Gasteiger partial charge is 0.335 e. The molecule has 26 heavy (non-hydrogen) atoms. The number of aromatic nitrogens is 2. The fourth-order valence-corrected chi connectivity index (χ4v) is 5.93. The van der Waals surface area contributed by atoms with E-state index < -0.39 is 10.0 Å². The van der Waals surface area contributed by atoms with Crippen LogP contribution in [0.5, 0.6) is 0 Å². The molecule has 11 heteroatoms.